The minimum absolute atomic E-state index is 0.555. The molecular formula is C27H31N5. The molecule has 0 aliphatic heterocycles. The molecule has 2 aromatic heterocycles. The molecule has 4 aromatic rings. The van der Waals surface area contributed by atoms with E-state index in [9.17, 15) is 0 Å². The molecule has 2 aromatic carbocycles. The third-order valence-corrected chi connectivity index (χ3v) is 7.34. The molecule has 2 heterocycles. The molecule has 0 amide bonds. The zero-order valence-corrected chi connectivity index (χ0v) is 18.7. The first kappa shape index (κ1) is 19.7. The number of nitrogens with zero attached hydrogens (tertiary/aromatic N) is 5. The molecule has 5 nitrogen and oxygen atoms in total. The normalized spacial score (nSPS) is 17.2. The van der Waals surface area contributed by atoms with Crippen molar-refractivity contribution in [3.8, 4) is 11.5 Å². The zero-order chi connectivity index (χ0) is 21.3. The van der Waals surface area contributed by atoms with Crippen LogP contribution in [-0.2, 0) is 19.4 Å². The molecule has 2 fully saturated rings. The maximum atomic E-state index is 4.59. The Morgan fingerprint density at radius 1 is 0.812 bits per heavy atom. The van der Waals surface area contributed by atoms with Gasteiger partial charge < -0.3 is 4.57 Å². The monoisotopic (exact) mass is 425 g/mol. The van der Waals surface area contributed by atoms with E-state index < -0.39 is 0 Å². The number of fused-ring (bicyclic) bond motifs is 1. The fraction of sp³-hybridized carbons (Fsp3) is 0.444. The number of rotatable bonds is 7. The minimum atomic E-state index is 0.555. The Bertz CT molecular complexity index is 1200. The van der Waals surface area contributed by atoms with Crippen molar-refractivity contribution in [1.29, 1.82) is 0 Å². The summed E-state index contributed by atoms with van der Waals surface area (Å²) in [6.45, 7) is 0.786. The van der Waals surface area contributed by atoms with Gasteiger partial charge in [-0.3, -0.25) is 0 Å². The molecule has 0 atom stereocenters. The van der Waals surface area contributed by atoms with Crippen LogP contribution in [0.2, 0.25) is 0 Å². The quantitative estimate of drug-likeness (QED) is 0.365. The Morgan fingerprint density at radius 2 is 1.56 bits per heavy atom. The molecule has 0 spiro atoms. The smallest absolute Gasteiger partial charge is 0.199 e. The van der Waals surface area contributed by atoms with Crippen molar-refractivity contribution in [3.05, 3.63) is 65.9 Å². The van der Waals surface area contributed by atoms with E-state index in [0.717, 1.165) is 24.7 Å². The third kappa shape index (κ3) is 3.74. The lowest BCUT2D eigenvalue weighted by atomic mass is 9.94. The molecule has 2 saturated carbocycles. The molecule has 0 bridgehead atoms. The maximum Gasteiger partial charge on any atom is 0.199 e. The highest BCUT2D eigenvalue weighted by Crippen LogP contribution is 2.43. The minimum Gasteiger partial charge on any atom is -0.338 e. The molecule has 0 saturated heterocycles. The van der Waals surface area contributed by atoms with Crippen molar-refractivity contribution in [2.24, 2.45) is 5.92 Å². The van der Waals surface area contributed by atoms with Gasteiger partial charge in [0, 0.05) is 29.1 Å². The van der Waals surface area contributed by atoms with Crippen LogP contribution in [-0.4, -0.2) is 24.8 Å². The lowest BCUT2D eigenvalue weighted by Gasteiger charge is -2.27. The van der Waals surface area contributed by atoms with Crippen LogP contribution < -0.4 is 0 Å². The molecule has 0 unspecified atom stereocenters. The van der Waals surface area contributed by atoms with Gasteiger partial charge in [0.1, 0.15) is 0 Å². The number of hydrogen-bond acceptors (Lipinski definition) is 3. The summed E-state index contributed by atoms with van der Waals surface area (Å²) < 4.78 is 4.70. The van der Waals surface area contributed by atoms with E-state index in [1.165, 1.54) is 79.1 Å². The van der Waals surface area contributed by atoms with Gasteiger partial charge >= 0.3 is 0 Å². The Balaban J connectivity index is 1.47. The Kier molecular flexibility index (Phi) is 5.26. The number of hydrogen-bond donors (Lipinski definition) is 0. The second-order valence-corrected chi connectivity index (χ2v) is 9.61. The van der Waals surface area contributed by atoms with Crippen molar-refractivity contribution in [3.63, 3.8) is 0 Å². The molecule has 5 heteroatoms. The van der Waals surface area contributed by atoms with Crippen molar-refractivity contribution in [1.82, 2.24) is 24.8 Å². The van der Waals surface area contributed by atoms with Gasteiger partial charge in [0.15, 0.2) is 5.82 Å². The lowest BCUT2D eigenvalue weighted by molar-refractivity contribution is 0.349. The summed E-state index contributed by atoms with van der Waals surface area (Å²) in [6.07, 6.45) is 11.4. The van der Waals surface area contributed by atoms with E-state index in [1.807, 2.05) is 4.68 Å². The number of aromatic nitrogens is 5. The van der Waals surface area contributed by atoms with Crippen LogP contribution in [0.1, 0.15) is 62.2 Å². The van der Waals surface area contributed by atoms with Crippen LogP contribution in [0, 0.1) is 5.92 Å². The standard InChI is InChI=1S/C27H31N5/c1-3-9-20(10-4-1)17-18-31-27(28-29-30-31)26-24-14-8-7-13-23(24)25(19-21-15-16-21)32(26)22-11-5-2-6-12-22/h1,3-4,7-10,13-14,21-22H,2,5-6,11-12,15-19H2. The first-order valence-electron chi connectivity index (χ1n) is 12.3. The topological polar surface area (TPSA) is 48.5 Å². The molecule has 6 rings (SSSR count). The average molecular weight is 426 g/mol. The molecule has 2 aliphatic rings. The molecule has 32 heavy (non-hydrogen) atoms. The SMILES string of the molecule is c1ccc(CCn2nnnc2-c2c3ccccc3c(CC3CC3)n2C2CCCCC2)cc1. The van der Waals surface area contributed by atoms with Crippen LogP contribution >= 0.6 is 0 Å². The van der Waals surface area contributed by atoms with Crippen LogP contribution in [0.3, 0.4) is 0 Å². The summed E-state index contributed by atoms with van der Waals surface area (Å²) in [5.74, 6) is 1.77. The fourth-order valence-corrected chi connectivity index (χ4v) is 5.51. The van der Waals surface area contributed by atoms with E-state index in [1.54, 1.807) is 0 Å². The molecule has 0 N–H and O–H groups in total. The van der Waals surface area contributed by atoms with Gasteiger partial charge in [-0.25, -0.2) is 4.68 Å². The molecular weight excluding hydrogens is 394 g/mol. The van der Waals surface area contributed by atoms with E-state index >= 15 is 0 Å². The maximum absolute atomic E-state index is 4.59. The second-order valence-electron chi connectivity index (χ2n) is 9.61. The Morgan fingerprint density at radius 3 is 2.34 bits per heavy atom. The first-order chi connectivity index (χ1) is 15.9. The van der Waals surface area contributed by atoms with Gasteiger partial charge in [0.05, 0.1) is 5.69 Å². The highest BCUT2D eigenvalue weighted by Gasteiger charge is 2.31. The van der Waals surface area contributed by atoms with Gasteiger partial charge in [-0.15, -0.1) is 5.10 Å². The average Bonchev–Trinajstić information content (AvgIpc) is 3.46. The van der Waals surface area contributed by atoms with Crippen LogP contribution in [0.4, 0.5) is 0 Å². The van der Waals surface area contributed by atoms with Gasteiger partial charge in [0.25, 0.3) is 0 Å². The summed E-state index contributed by atoms with van der Waals surface area (Å²) in [5.41, 5.74) is 4.07. The highest BCUT2D eigenvalue weighted by molar-refractivity contribution is 5.97. The van der Waals surface area contributed by atoms with Gasteiger partial charge in [-0.05, 0) is 60.4 Å². The van der Waals surface area contributed by atoms with Gasteiger partial charge in [-0.2, -0.15) is 0 Å². The largest absolute Gasteiger partial charge is 0.338 e. The summed E-state index contributed by atoms with van der Waals surface area (Å²) in [6, 6.07) is 20.1. The van der Waals surface area contributed by atoms with E-state index in [4.69, 9.17) is 0 Å². The van der Waals surface area contributed by atoms with Crippen molar-refractivity contribution in [2.45, 2.75) is 70.4 Å². The van der Waals surface area contributed by atoms with Crippen LogP contribution in [0.25, 0.3) is 22.3 Å². The summed E-state index contributed by atoms with van der Waals surface area (Å²) in [4.78, 5) is 0. The first-order valence-corrected chi connectivity index (χ1v) is 12.3. The Hall–Kier alpha value is -2.95. The van der Waals surface area contributed by atoms with Gasteiger partial charge in [0.2, 0.25) is 0 Å². The van der Waals surface area contributed by atoms with E-state index in [0.29, 0.717) is 6.04 Å². The van der Waals surface area contributed by atoms with Crippen molar-refractivity contribution in [2.75, 3.05) is 0 Å². The van der Waals surface area contributed by atoms with Gasteiger partial charge in [-0.1, -0.05) is 73.9 Å². The molecule has 2 aliphatic carbocycles. The summed E-state index contributed by atoms with van der Waals surface area (Å²) >= 11 is 0. The third-order valence-electron chi connectivity index (χ3n) is 7.34. The van der Waals surface area contributed by atoms with E-state index in [2.05, 4.69) is 74.7 Å². The zero-order valence-electron chi connectivity index (χ0n) is 18.7. The fourth-order valence-electron chi connectivity index (χ4n) is 5.51. The number of benzene rings is 2. The number of tetrazole rings is 1. The predicted octanol–water partition coefficient (Wildman–Crippen LogP) is 6.00. The predicted molar refractivity (Wildman–Crippen MR) is 127 cm³/mol. The summed E-state index contributed by atoms with van der Waals surface area (Å²) in [7, 11) is 0. The highest BCUT2D eigenvalue weighted by atomic mass is 15.5. The second kappa shape index (κ2) is 8.53. The van der Waals surface area contributed by atoms with Crippen LogP contribution in [0.5, 0.6) is 0 Å². The summed E-state index contributed by atoms with van der Waals surface area (Å²) in [5, 5.41) is 15.9. The Labute approximate surface area is 189 Å². The lowest BCUT2D eigenvalue weighted by Crippen LogP contribution is -2.18. The van der Waals surface area contributed by atoms with Crippen LogP contribution in [0.15, 0.2) is 54.6 Å². The van der Waals surface area contributed by atoms with E-state index in [-0.39, 0.29) is 0 Å². The molecule has 164 valence electrons. The number of aryl methyl sites for hydroxylation is 2. The van der Waals surface area contributed by atoms with Crippen molar-refractivity contribution < 1.29 is 0 Å². The molecule has 0 radical (unpaired) electrons. The van der Waals surface area contributed by atoms with Crippen molar-refractivity contribution >= 4 is 10.8 Å².